The molecule has 138 valence electrons. The lowest BCUT2D eigenvalue weighted by Gasteiger charge is -2.39. The predicted molar refractivity (Wildman–Crippen MR) is 97.8 cm³/mol. The van der Waals surface area contributed by atoms with Crippen molar-refractivity contribution in [3.8, 4) is 0 Å². The summed E-state index contributed by atoms with van der Waals surface area (Å²) in [4.78, 5) is 17.4. The van der Waals surface area contributed by atoms with Crippen molar-refractivity contribution in [2.45, 2.75) is 64.6 Å². The van der Waals surface area contributed by atoms with Crippen LogP contribution in [-0.2, 0) is 6.54 Å². The fourth-order valence-electron chi connectivity index (χ4n) is 4.63. The van der Waals surface area contributed by atoms with Gasteiger partial charge in [-0.2, -0.15) is 0 Å². The summed E-state index contributed by atoms with van der Waals surface area (Å²) in [6, 6.07) is 2.38. The zero-order valence-corrected chi connectivity index (χ0v) is 15.6. The predicted octanol–water partition coefficient (Wildman–Crippen LogP) is 2.19. The Balaban J connectivity index is 1.40. The molecule has 1 amide bonds. The van der Waals surface area contributed by atoms with Crippen LogP contribution in [0.1, 0.15) is 53.8 Å². The topological polar surface area (TPSA) is 48.7 Å². The van der Waals surface area contributed by atoms with Crippen LogP contribution in [0.3, 0.4) is 0 Å². The highest BCUT2D eigenvalue weighted by molar-refractivity contribution is 5.95. The van der Waals surface area contributed by atoms with Crippen molar-refractivity contribution in [1.82, 2.24) is 14.4 Å². The van der Waals surface area contributed by atoms with Gasteiger partial charge < -0.3 is 14.6 Å². The molecule has 2 atom stereocenters. The molecule has 0 bridgehead atoms. The Morgan fingerprint density at radius 1 is 1.12 bits per heavy atom. The van der Waals surface area contributed by atoms with E-state index in [4.69, 9.17) is 0 Å². The second kappa shape index (κ2) is 6.76. The maximum Gasteiger partial charge on any atom is 0.255 e. The molecule has 2 saturated carbocycles. The molecule has 2 heterocycles. The van der Waals surface area contributed by atoms with Gasteiger partial charge in [-0.05, 0) is 57.9 Å². The summed E-state index contributed by atoms with van der Waals surface area (Å²) in [7, 11) is 0. The normalized spacial score (nSPS) is 27.9. The number of amides is 1. The first-order valence-corrected chi connectivity index (χ1v) is 9.92. The summed E-state index contributed by atoms with van der Waals surface area (Å²) in [5.41, 5.74) is 3.22. The molecule has 2 aliphatic carbocycles. The fourth-order valence-corrected chi connectivity index (χ4v) is 4.63. The smallest absolute Gasteiger partial charge is 0.255 e. The standard InChI is InChI=1S/C20H31N3O2/c1-14-12-17(15(2)23(14)13-16-6-7-16)20(25)22-10-8-21(9-11-22)18-4-3-5-19(18)24/h12,16,18-19,24H,3-11,13H2,1-2H3/t18-,19+/m1/s1. The molecule has 5 nitrogen and oxygen atoms in total. The van der Waals surface area contributed by atoms with E-state index in [9.17, 15) is 9.90 Å². The van der Waals surface area contributed by atoms with E-state index in [1.807, 2.05) is 4.90 Å². The third-order valence-electron chi connectivity index (χ3n) is 6.46. The Bertz CT molecular complexity index is 642. The Morgan fingerprint density at radius 2 is 1.84 bits per heavy atom. The number of aliphatic hydroxyl groups is 1. The van der Waals surface area contributed by atoms with E-state index in [-0.39, 0.29) is 12.0 Å². The third kappa shape index (κ3) is 3.36. The second-order valence-corrected chi connectivity index (χ2v) is 8.23. The zero-order valence-electron chi connectivity index (χ0n) is 15.6. The molecule has 1 saturated heterocycles. The zero-order chi connectivity index (χ0) is 17.6. The van der Waals surface area contributed by atoms with E-state index < -0.39 is 0 Å². The molecule has 0 radical (unpaired) electrons. The van der Waals surface area contributed by atoms with Gasteiger partial charge in [-0.3, -0.25) is 9.69 Å². The van der Waals surface area contributed by atoms with Gasteiger partial charge in [0.25, 0.3) is 5.91 Å². The number of carbonyl (C=O) groups is 1. The van der Waals surface area contributed by atoms with Crippen LogP contribution in [0.2, 0.25) is 0 Å². The molecule has 1 N–H and O–H groups in total. The van der Waals surface area contributed by atoms with Crippen LogP contribution in [0.25, 0.3) is 0 Å². The van der Waals surface area contributed by atoms with E-state index in [1.54, 1.807) is 0 Å². The summed E-state index contributed by atoms with van der Waals surface area (Å²) in [6.45, 7) is 8.59. The number of carbonyl (C=O) groups excluding carboxylic acids is 1. The van der Waals surface area contributed by atoms with Gasteiger partial charge in [0.1, 0.15) is 0 Å². The molecule has 4 rings (SSSR count). The minimum atomic E-state index is -0.177. The second-order valence-electron chi connectivity index (χ2n) is 8.23. The number of nitrogens with zero attached hydrogens (tertiary/aromatic N) is 3. The largest absolute Gasteiger partial charge is 0.391 e. The van der Waals surface area contributed by atoms with Crippen molar-refractivity contribution >= 4 is 5.91 Å². The van der Waals surface area contributed by atoms with Crippen LogP contribution in [-0.4, -0.2) is 63.7 Å². The van der Waals surface area contributed by atoms with Crippen molar-refractivity contribution in [2.24, 2.45) is 5.92 Å². The van der Waals surface area contributed by atoms with E-state index in [0.717, 1.165) is 69.2 Å². The summed E-state index contributed by atoms with van der Waals surface area (Å²) in [6.07, 6.45) is 5.63. The lowest BCUT2D eigenvalue weighted by atomic mass is 10.1. The molecule has 25 heavy (non-hydrogen) atoms. The minimum absolute atomic E-state index is 0.177. The number of aromatic nitrogens is 1. The van der Waals surface area contributed by atoms with Crippen LogP contribution in [0.15, 0.2) is 6.07 Å². The van der Waals surface area contributed by atoms with Crippen LogP contribution in [0.5, 0.6) is 0 Å². The number of hydrogen-bond acceptors (Lipinski definition) is 3. The average molecular weight is 345 g/mol. The molecule has 0 spiro atoms. The number of hydrogen-bond donors (Lipinski definition) is 1. The summed E-state index contributed by atoms with van der Waals surface area (Å²) in [5.74, 6) is 0.996. The Kier molecular flexibility index (Phi) is 4.63. The van der Waals surface area contributed by atoms with Crippen LogP contribution < -0.4 is 0 Å². The van der Waals surface area contributed by atoms with Crippen LogP contribution >= 0.6 is 0 Å². The van der Waals surface area contributed by atoms with Gasteiger partial charge in [0.2, 0.25) is 0 Å². The summed E-state index contributed by atoms with van der Waals surface area (Å²) in [5, 5.41) is 10.1. The maximum absolute atomic E-state index is 13.0. The SMILES string of the molecule is Cc1cc(C(=O)N2CCN([C@@H]3CCC[C@@H]3O)CC2)c(C)n1CC1CC1. The Labute approximate surface area is 150 Å². The van der Waals surface area contributed by atoms with Gasteiger partial charge >= 0.3 is 0 Å². The highest BCUT2D eigenvalue weighted by atomic mass is 16.3. The Morgan fingerprint density at radius 3 is 2.44 bits per heavy atom. The van der Waals surface area contributed by atoms with Crippen molar-refractivity contribution < 1.29 is 9.90 Å². The molecular weight excluding hydrogens is 314 g/mol. The lowest BCUT2D eigenvalue weighted by Crippen LogP contribution is -2.53. The first kappa shape index (κ1) is 17.1. The van der Waals surface area contributed by atoms with E-state index in [1.165, 1.54) is 18.5 Å². The molecular formula is C20H31N3O2. The number of aryl methyl sites for hydroxylation is 1. The summed E-state index contributed by atoms with van der Waals surface area (Å²) >= 11 is 0. The first-order valence-electron chi connectivity index (χ1n) is 9.92. The van der Waals surface area contributed by atoms with Gasteiger partial charge in [0, 0.05) is 50.2 Å². The first-order chi connectivity index (χ1) is 12.0. The summed E-state index contributed by atoms with van der Waals surface area (Å²) < 4.78 is 2.33. The van der Waals surface area contributed by atoms with E-state index >= 15 is 0 Å². The van der Waals surface area contributed by atoms with Crippen molar-refractivity contribution in [3.05, 3.63) is 23.0 Å². The van der Waals surface area contributed by atoms with E-state index in [0.29, 0.717) is 6.04 Å². The number of rotatable bonds is 4. The van der Waals surface area contributed by atoms with Crippen molar-refractivity contribution in [1.29, 1.82) is 0 Å². The lowest BCUT2D eigenvalue weighted by molar-refractivity contribution is 0.0315. The van der Waals surface area contributed by atoms with Gasteiger partial charge in [0.05, 0.1) is 11.7 Å². The highest BCUT2D eigenvalue weighted by Gasteiger charge is 2.34. The molecule has 0 unspecified atom stereocenters. The fraction of sp³-hybridized carbons (Fsp3) is 0.750. The van der Waals surface area contributed by atoms with Gasteiger partial charge in [-0.25, -0.2) is 0 Å². The van der Waals surface area contributed by atoms with Gasteiger partial charge in [-0.15, -0.1) is 0 Å². The van der Waals surface area contributed by atoms with Gasteiger partial charge in [-0.1, -0.05) is 0 Å². The molecule has 1 aromatic rings. The molecule has 1 aromatic heterocycles. The molecule has 3 aliphatic rings. The van der Waals surface area contributed by atoms with E-state index in [2.05, 4.69) is 29.4 Å². The third-order valence-corrected chi connectivity index (χ3v) is 6.46. The van der Waals surface area contributed by atoms with Crippen molar-refractivity contribution in [2.75, 3.05) is 26.2 Å². The average Bonchev–Trinajstić information content (AvgIpc) is 3.27. The van der Waals surface area contributed by atoms with Gasteiger partial charge in [0.15, 0.2) is 0 Å². The minimum Gasteiger partial charge on any atom is -0.391 e. The molecule has 1 aliphatic heterocycles. The highest BCUT2D eigenvalue weighted by Crippen LogP contribution is 2.32. The number of aliphatic hydroxyl groups excluding tert-OH is 1. The Hall–Kier alpha value is -1.33. The quantitative estimate of drug-likeness (QED) is 0.910. The molecule has 3 fully saturated rings. The monoisotopic (exact) mass is 345 g/mol. The van der Waals surface area contributed by atoms with Crippen molar-refractivity contribution in [3.63, 3.8) is 0 Å². The maximum atomic E-state index is 13.0. The van der Waals surface area contributed by atoms with Crippen LogP contribution in [0.4, 0.5) is 0 Å². The number of piperazine rings is 1. The molecule has 5 heteroatoms. The molecule has 0 aromatic carbocycles. The van der Waals surface area contributed by atoms with Crippen LogP contribution in [0, 0.1) is 19.8 Å².